The molecule has 8 unspecified atom stereocenters. The fourth-order valence-corrected chi connectivity index (χ4v) is 11.2. The van der Waals surface area contributed by atoms with Crippen LogP contribution in [-0.4, -0.2) is 0 Å². The van der Waals surface area contributed by atoms with E-state index in [0.29, 0.717) is 43.3 Å². The second-order valence-electron chi connectivity index (χ2n) is 19.3. The first-order valence-electron chi connectivity index (χ1n) is 17.6. The topological polar surface area (TPSA) is 0 Å². The van der Waals surface area contributed by atoms with Crippen LogP contribution >= 0.6 is 0 Å². The molecule has 8 atom stereocenters. The van der Waals surface area contributed by atoms with Crippen molar-refractivity contribution in [2.24, 2.45) is 67.0 Å². The summed E-state index contributed by atoms with van der Waals surface area (Å²) in [7, 11) is 0. The Balaban J connectivity index is 0.000000125. The third-order valence-electron chi connectivity index (χ3n) is 17.4. The molecule has 0 N–H and O–H groups in total. The van der Waals surface area contributed by atoms with Gasteiger partial charge in [0.2, 0.25) is 0 Å². The molecule has 8 saturated carbocycles. The average Bonchev–Trinajstić information content (AvgIpc) is 3.65. The van der Waals surface area contributed by atoms with Gasteiger partial charge in [-0.25, -0.2) is 0 Å². The maximum Gasteiger partial charge on any atom is 4.00 e. The van der Waals surface area contributed by atoms with E-state index in [1.54, 1.807) is 0 Å². The summed E-state index contributed by atoms with van der Waals surface area (Å²) < 4.78 is 0. The van der Waals surface area contributed by atoms with Gasteiger partial charge in [-0.15, -0.1) is 0 Å². The molecule has 8 rings (SSSR count). The molecule has 8 aliphatic carbocycles. The molecule has 0 spiro atoms. The van der Waals surface area contributed by atoms with Crippen molar-refractivity contribution in [3.8, 4) is 0 Å². The third-order valence-corrected chi connectivity index (χ3v) is 17.4. The van der Waals surface area contributed by atoms with Crippen LogP contribution in [0.3, 0.4) is 0 Å². The Labute approximate surface area is 273 Å². The Bertz CT molecular complexity index is 737. The summed E-state index contributed by atoms with van der Waals surface area (Å²) in [6, 6.07) is 0. The summed E-state index contributed by atoms with van der Waals surface area (Å²) in [4.78, 5) is 0. The molecule has 0 amide bonds. The number of fused-ring (bicyclic) bond motifs is 8. The summed E-state index contributed by atoms with van der Waals surface area (Å²) >= 11 is 0. The van der Waals surface area contributed by atoms with Gasteiger partial charge in [-0.3, -0.25) is 0 Å². The molecule has 41 heavy (non-hydrogen) atoms. The molecule has 0 aromatic heterocycles. The zero-order chi connectivity index (χ0) is 29.6. The molecular weight excluding hydrogens is 528 g/mol. The normalized spacial score (nSPS) is 48.9. The molecule has 0 radical (unpaired) electrons. The maximum absolute atomic E-state index is 2.56. The second-order valence-corrected chi connectivity index (χ2v) is 19.3. The van der Waals surface area contributed by atoms with Crippen molar-refractivity contribution in [3.63, 3.8) is 0 Å². The van der Waals surface area contributed by atoms with Crippen LogP contribution in [0.15, 0.2) is 0 Å². The fourth-order valence-electron chi connectivity index (χ4n) is 11.2. The largest absolute Gasteiger partial charge is 4.00 e. The SMILES string of the molecule is CC12[CH-]CC(CC1)C2(C)C.CC12[CH-]CC(CC1)C2(C)C.CC12[CH-]CC(CC1)C2(C)C.CC12[CH-]CC(CC1)C2(C)C.[Ti+4]. The molecule has 8 aliphatic rings. The minimum Gasteiger partial charge on any atom is -0.322 e. The van der Waals surface area contributed by atoms with Crippen molar-refractivity contribution in [2.45, 2.75) is 160 Å². The first kappa shape index (κ1) is 34.6. The van der Waals surface area contributed by atoms with Gasteiger partial charge in [0.1, 0.15) is 0 Å². The van der Waals surface area contributed by atoms with Gasteiger partial charge in [0.25, 0.3) is 0 Å². The molecule has 8 fully saturated rings. The number of hydrogen-bond acceptors (Lipinski definition) is 0. The Hall–Kier alpha value is 0.714. The average molecular weight is 597 g/mol. The van der Waals surface area contributed by atoms with Crippen LogP contribution in [0.2, 0.25) is 0 Å². The maximum atomic E-state index is 2.56. The van der Waals surface area contributed by atoms with Crippen molar-refractivity contribution < 1.29 is 21.7 Å². The molecule has 0 aromatic rings. The number of hydrogen-bond donors (Lipinski definition) is 0. The van der Waals surface area contributed by atoms with Crippen LogP contribution < -0.4 is 0 Å². The first-order valence-corrected chi connectivity index (χ1v) is 17.6. The standard InChI is InChI=1S/4C10H17.Ti/c4*1-9(2)8-4-6-10(9,3)7-5-8;/h4*6,8H,4-5,7H2,1-3H3;/q4*-1;+4. The summed E-state index contributed by atoms with van der Waals surface area (Å²) in [5.41, 5.74) is 4.74. The third kappa shape index (κ3) is 5.16. The van der Waals surface area contributed by atoms with Crippen molar-refractivity contribution in [3.05, 3.63) is 25.7 Å². The van der Waals surface area contributed by atoms with Gasteiger partial charge in [-0.2, -0.15) is 47.3 Å². The van der Waals surface area contributed by atoms with Gasteiger partial charge in [0.15, 0.2) is 0 Å². The van der Waals surface area contributed by atoms with Crippen molar-refractivity contribution >= 4 is 0 Å². The van der Waals surface area contributed by atoms with Crippen molar-refractivity contribution in [1.29, 1.82) is 0 Å². The van der Waals surface area contributed by atoms with Gasteiger partial charge in [-0.1, -0.05) is 180 Å². The summed E-state index contributed by atoms with van der Waals surface area (Å²) in [5.74, 6) is 3.99. The van der Waals surface area contributed by atoms with Crippen LogP contribution in [0.5, 0.6) is 0 Å². The molecule has 0 nitrogen and oxygen atoms in total. The Morgan fingerprint density at radius 3 is 0.537 bits per heavy atom. The van der Waals surface area contributed by atoms with E-state index in [1.165, 1.54) is 77.0 Å². The molecule has 0 aromatic carbocycles. The second kappa shape index (κ2) is 10.9. The van der Waals surface area contributed by atoms with E-state index in [1.807, 2.05) is 0 Å². The van der Waals surface area contributed by atoms with Crippen LogP contribution in [-0.2, 0) is 21.7 Å². The molecular formula is C40H68Ti. The van der Waals surface area contributed by atoms with Crippen LogP contribution in [0.1, 0.15) is 160 Å². The molecule has 0 heterocycles. The molecule has 0 saturated heterocycles. The zero-order valence-corrected chi connectivity index (χ0v) is 31.2. The Morgan fingerprint density at radius 2 is 0.512 bits per heavy atom. The van der Waals surface area contributed by atoms with Gasteiger partial charge < -0.3 is 25.7 Å². The summed E-state index contributed by atoms with van der Waals surface area (Å²) in [6.07, 6.45) is 27.4. The monoisotopic (exact) mass is 596 g/mol. The van der Waals surface area contributed by atoms with E-state index >= 15 is 0 Å². The van der Waals surface area contributed by atoms with Crippen LogP contribution in [0.25, 0.3) is 0 Å². The molecule has 1 heteroatoms. The van der Waals surface area contributed by atoms with E-state index in [0.717, 1.165) is 23.7 Å². The fraction of sp³-hybridized carbons (Fsp3) is 0.900. The predicted molar refractivity (Wildman–Crippen MR) is 174 cm³/mol. The van der Waals surface area contributed by atoms with Gasteiger partial charge in [0.05, 0.1) is 0 Å². The predicted octanol–water partition coefficient (Wildman–Crippen LogP) is 12.1. The van der Waals surface area contributed by atoms with E-state index in [4.69, 9.17) is 0 Å². The Morgan fingerprint density at radius 1 is 0.341 bits per heavy atom. The minimum absolute atomic E-state index is 0. The van der Waals surface area contributed by atoms with Crippen molar-refractivity contribution in [1.82, 2.24) is 0 Å². The van der Waals surface area contributed by atoms with E-state index < -0.39 is 0 Å². The quantitative estimate of drug-likeness (QED) is 0.193. The summed E-state index contributed by atoms with van der Waals surface area (Å²) in [5, 5.41) is 0. The van der Waals surface area contributed by atoms with Crippen molar-refractivity contribution in [2.75, 3.05) is 0 Å². The number of rotatable bonds is 0. The van der Waals surface area contributed by atoms with E-state index in [2.05, 4.69) is 109 Å². The molecule has 8 bridgehead atoms. The zero-order valence-electron chi connectivity index (χ0n) is 29.6. The minimum atomic E-state index is 0. The van der Waals surface area contributed by atoms with Gasteiger partial charge in [-0.05, 0) is 0 Å². The van der Waals surface area contributed by atoms with E-state index in [-0.39, 0.29) is 21.7 Å². The summed E-state index contributed by atoms with van der Waals surface area (Å²) in [6.45, 7) is 29.2. The van der Waals surface area contributed by atoms with Gasteiger partial charge >= 0.3 is 21.7 Å². The molecule has 0 aliphatic heterocycles. The van der Waals surface area contributed by atoms with Gasteiger partial charge in [0, 0.05) is 0 Å². The Kier molecular flexibility index (Phi) is 9.20. The van der Waals surface area contributed by atoms with Crippen LogP contribution in [0, 0.1) is 92.7 Å². The molecule has 232 valence electrons. The van der Waals surface area contributed by atoms with Crippen LogP contribution in [0.4, 0.5) is 0 Å². The first-order chi connectivity index (χ1) is 18.2. The smallest absolute Gasteiger partial charge is 0.322 e. The van der Waals surface area contributed by atoms with E-state index in [9.17, 15) is 0 Å².